The SMILES string of the molecule is CN1CCc2[nH]c(=O)c(CC(C#N)NC=O)cc2C1. The molecule has 1 amide bonds. The van der Waals surface area contributed by atoms with Gasteiger partial charge in [-0.2, -0.15) is 5.26 Å². The molecule has 0 aromatic carbocycles. The molecule has 1 aromatic rings. The van der Waals surface area contributed by atoms with Gasteiger partial charge in [-0.05, 0) is 18.7 Å². The molecule has 1 aromatic heterocycles. The van der Waals surface area contributed by atoms with Crippen LogP contribution in [0.1, 0.15) is 16.8 Å². The molecule has 6 nitrogen and oxygen atoms in total. The summed E-state index contributed by atoms with van der Waals surface area (Å²) in [5.41, 5.74) is 2.43. The fourth-order valence-electron chi connectivity index (χ4n) is 2.29. The molecule has 2 heterocycles. The number of hydrogen-bond acceptors (Lipinski definition) is 4. The molecular formula is C13H16N4O2. The van der Waals surface area contributed by atoms with E-state index in [1.807, 2.05) is 19.2 Å². The Hall–Kier alpha value is -2.13. The minimum atomic E-state index is -0.669. The standard InChI is InChI=1S/C13H16N4O2/c1-17-3-2-12-10(7-17)4-9(13(19)16-12)5-11(6-14)15-8-18/h4,8,11H,2-3,5,7H2,1H3,(H,15,18)(H,16,19). The number of aromatic nitrogens is 1. The van der Waals surface area contributed by atoms with Crippen LogP contribution >= 0.6 is 0 Å². The van der Waals surface area contributed by atoms with Crippen molar-refractivity contribution in [3.63, 3.8) is 0 Å². The van der Waals surface area contributed by atoms with Crippen molar-refractivity contribution in [3.8, 4) is 6.07 Å². The van der Waals surface area contributed by atoms with Gasteiger partial charge in [-0.1, -0.05) is 0 Å². The molecule has 2 N–H and O–H groups in total. The van der Waals surface area contributed by atoms with Crippen LogP contribution in [0, 0.1) is 11.3 Å². The van der Waals surface area contributed by atoms with E-state index < -0.39 is 6.04 Å². The molecule has 1 aliphatic rings. The minimum Gasteiger partial charge on any atom is -0.343 e. The summed E-state index contributed by atoms with van der Waals surface area (Å²) >= 11 is 0. The van der Waals surface area contributed by atoms with E-state index in [9.17, 15) is 9.59 Å². The molecule has 1 atom stereocenters. The van der Waals surface area contributed by atoms with Crippen LogP contribution in [0.5, 0.6) is 0 Å². The topological polar surface area (TPSA) is 89.0 Å². The second-order valence-electron chi connectivity index (χ2n) is 4.79. The molecule has 0 saturated carbocycles. The fraction of sp³-hybridized carbons (Fsp3) is 0.462. The Bertz CT molecular complexity index is 573. The third-order valence-electron chi connectivity index (χ3n) is 3.33. The maximum absolute atomic E-state index is 11.9. The van der Waals surface area contributed by atoms with Gasteiger partial charge in [0.25, 0.3) is 5.56 Å². The van der Waals surface area contributed by atoms with Gasteiger partial charge >= 0.3 is 0 Å². The highest BCUT2D eigenvalue weighted by molar-refractivity contribution is 5.48. The quantitative estimate of drug-likeness (QED) is 0.717. The van der Waals surface area contributed by atoms with E-state index in [2.05, 4.69) is 15.2 Å². The lowest BCUT2D eigenvalue weighted by molar-refractivity contribution is -0.109. The summed E-state index contributed by atoms with van der Waals surface area (Å²) in [5, 5.41) is 11.3. The van der Waals surface area contributed by atoms with Gasteiger partial charge in [0.2, 0.25) is 6.41 Å². The first-order valence-electron chi connectivity index (χ1n) is 6.16. The Morgan fingerprint density at radius 2 is 2.47 bits per heavy atom. The number of nitrogens with zero attached hydrogens (tertiary/aromatic N) is 2. The number of nitriles is 1. The Kier molecular flexibility index (Phi) is 3.97. The fourth-order valence-corrected chi connectivity index (χ4v) is 2.29. The maximum Gasteiger partial charge on any atom is 0.251 e. The van der Waals surface area contributed by atoms with Crippen molar-refractivity contribution >= 4 is 6.41 Å². The van der Waals surface area contributed by atoms with Crippen molar-refractivity contribution in [1.29, 1.82) is 5.26 Å². The molecule has 0 radical (unpaired) electrons. The van der Waals surface area contributed by atoms with Crippen LogP contribution < -0.4 is 10.9 Å². The number of nitrogens with one attached hydrogen (secondary N) is 2. The average Bonchev–Trinajstić information content (AvgIpc) is 2.39. The molecule has 0 spiro atoms. The largest absolute Gasteiger partial charge is 0.343 e. The minimum absolute atomic E-state index is 0.170. The first-order chi connectivity index (χ1) is 9.13. The molecule has 100 valence electrons. The number of rotatable bonds is 4. The molecule has 0 fully saturated rings. The molecule has 19 heavy (non-hydrogen) atoms. The Morgan fingerprint density at radius 1 is 1.68 bits per heavy atom. The van der Waals surface area contributed by atoms with Crippen LogP contribution in [-0.4, -0.2) is 35.9 Å². The van der Waals surface area contributed by atoms with Crippen LogP contribution in [0.2, 0.25) is 0 Å². The van der Waals surface area contributed by atoms with Crippen molar-refractivity contribution in [1.82, 2.24) is 15.2 Å². The second kappa shape index (κ2) is 5.67. The molecule has 0 bridgehead atoms. The van der Waals surface area contributed by atoms with Gasteiger partial charge in [0.1, 0.15) is 6.04 Å². The first-order valence-corrected chi connectivity index (χ1v) is 6.16. The predicted molar refractivity (Wildman–Crippen MR) is 69.4 cm³/mol. The van der Waals surface area contributed by atoms with E-state index in [0.717, 1.165) is 30.8 Å². The van der Waals surface area contributed by atoms with E-state index in [1.165, 1.54) is 0 Å². The van der Waals surface area contributed by atoms with E-state index in [4.69, 9.17) is 5.26 Å². The monoisotopic (exact) mass is 260 g/mol. The molecule has 1 unspecified atom stereocenters. The average molecular weight is 260 g/mol. The summed E-state index contributed by atoms with van der Waals surface area (Å²) in [7, 11) is 2.03. The smallest absolute Gasteiger partial charge is 0.251 e. The van der Waals surface area contributed by atoms with Gasteiger partial charge in [0.05, 0.1) is 6.07 Å². The molecule has 0 saturated heterocycles. The maximum atomic E-state index is 11.9. The van der Waals surface area contributed by atoms with Crippen LogP contribution in [0.25, 0.3) is 0 Å². The highest BCUT2D eigenvalue weighted by Crippen LogP contribution is 2.15. The van der Waals surface area contributed by atoms with Crippen LogP contribution in [0.15, 0.2) is 10.9 Å². The number of likely N-dealkylation sites (N-methyl/N-ethyl adjacent to an activating group) is 1. The third-order valence-corrected chi connectivity index (χ3v) is 3.33. The number of pyridine rings is 1. The van der Waals surface area contributed by atoms with Crippen molar-refractivity contribution in [2.24, 2.45) is 0 Å². The molecule has 1 aliphatic heterocycles. The van der Waals surface area contributed by atoms with Gasteiger partial charge in [0, 0.05) is 37.2 Å². The van der Waals surface area contributed by atoms with E-state index in [1.54, 1.807) is 0 Å². The van der Waals surface area contributed by atoms with Gasteiger partial charge in [-0.25, -0.2) is 0 Å². The van der Waals surface area contributed by atoms with Crippen LogP contribution in [-0.2, 0) is 24.2 Å². The summed E-state index contributed by atoms with van der Waals surface area (Å²) in [6.45, 7) is 1.72. The second-order valence-corrected chi connectivity index (χ2v) is 4.79. The summed E-state index contributed by atoms with van der Waals surface area (Å²) in [6.07, 6.45) is 1.53. The summed E-state index contributed by atoms with van der Waals surface area (Å²) in [6, 6.07) is 3.14. The van der Waals surface area contributed by atoms with Crippen LogP contribution in [0.3, 0.4) is 0 Å². The van der Waals surface area contributed by atoms with Crippen molar-refractivity contribution in [2.75, 3.05) is 13.6 Å². The molecule has 2 rings (SSSR count). The number of fused-ring (bicyclic) bond motifs is 1. The molecular weight excluding hydrogens is 244 g/mol. The Balaban J connectivity index is 2.27. The van der Waals surface area contributed by atoms with E-state index in [0.29, 0.717) is 12.0 Å². The van der Waals surface area contributed by atoms with Crippen molar-refractivity contribution in [3.05, 3.63) is 33.2 Å². The van der Waals surface area contributed by atoms with Crippen molar-refractivity contribution in [2.45, 2.75) is 25.4 Å². The lowest BCUT2D eigenvalue weighted by Crippen LogP contribution is -2.33. The number of amides is 1. The van der Waals surface area contributed by atoms with Gasteiger partial charge in [-0.15, -0.1) is 0 Å². The highest BCUT2D eigenvalue weighted by atomic mass is 16.1. The highest BCUT2D eigenvalue weighted by Gasteiger charge is 2.17. The number of hydrogen-bond donors (Lipinski definition) is 2. The Labute approximate surface area is 111 Å². The lowest BCUT2D eigenvalue weighted by Gasteiger charge is -2.25. The summed E-state index contributed by atoms with van der Waals surface area (Å²) < 4.78 is 0. The van der Waals surface area contributed by atoms with Crippen molar-refractivity contribution < 1.29 is 4.79 Å². The number of aromatic amines is 1. The normalized spacial score (nSPS) is 16.2. The predicted octanol–water partition coefficient (Wildman–Crippen LogP) is -0.457. The first kappa shape index (κ1) is 13.3. The summed E-state index contributed by atoms with van der Waals surface area (Å²) in [4.78, 5) is 27.4. The molecule has 6 heteroatoms. The van der Waals surface area contributed by atoms with E-state index >= 15 is 0 Å². The lowest BCUT2D eigenvalue weighted by atomic mass is 10.0. The summed E-state index contributed by atoms with van der Waals surface area (Å²) in [5.74, 6) is 0. The van der Waals surface area contributed by atoms with Gasteiger partial charge < -0.3 is 15.2 Å². The Morgan fingerprint density at radius 3 is 3.16 bits per heavy atom. The van der Waals surface area contributed by atoms with Gasteiger partial charge in [0.15, 0.2) is 0 Å². The van der Waals surface area contributed by atoms with E-state index in [-0.39, 0.29) is 12.0 Å². The zero-order chi connectivity index (χ0) is 13.8. The number of H-pyrrole nitrogens is 1. The zero-order valence-electron chi connectivity index (χ0n) is 10.8. The van der Waals surface area contributed by atoms with Crippen LogP contribution in [0.4, 0.5) is 0 Å². The van der Waals surface area contributed by atoms with Gasteiger partial charge in [-0.3, -0.25) is 9.59 Å². The number of carbonyl (C=O) groups is 1. The zero-order valence-corrected chi connectivity index (χ0v) is 10.8. The number of carbonyl (C=O) groups excluding carboxylic acids is 1. The molecule has 0 aliphatic carbocycles. The third kappa shape index (κ3) is 3.01.